The second-order valence-electron chi connectivity index (χ2n) is 30.0. The first-order valence-electron chi connectivity index (χ1n) is 31.0. The Bertz CT molecular complexity index is 4310. The molecule has 10 aromatic rings. The first-order valence-corrected chi connectivity index (χ1v) is 31.0. The van der Waals surface area contributed by atoms with Crippen LogP contribution in [-0.2, 0) is 32.5 Å². The quantitative estimate of drug-likeness (QED) is 0.155. The first kappa shape index (κ1) is 54.2. The molecule has 5 heteroatoms. The van der Waals surface area contributed by atoms with E-state index >= 15 is 0 Å². The van der Waals surface area contributed by atoms with Crippen molar-refractivity contribution in [1.29, 1.82) is 0 Å². The summed E-state index contributed by atoms with van der Waals surface area (Å²) in [5.74, 6) is 0. The first-order chi connectivity index (χ1) is 39.8. The highest BCUT2D eigenvalue weighted by atomic mass is 16.3. The van der Waals surface area contributed by atoms with Crippen LogP contribution in [0.15, 0.2) is 180 Å². The summed E-state index contributed by atoms with van der Waals surface area (Å²) < 4.78 is 7.35. The Balaban J connectivity index is 1.16. The van der Waals surface area contributed by atoms with E-state index in [0.717, 1.165) is 75.9 Å². The van der Waals surface area contributed by atoms with Crippen LogP contribution in [0.2, 0.25) is 0 Å². The third kappa shape index (κ3) is 8.52. The zero-order chi connectivity index (χ0) is 58.8. The van der Waals surface area contributed by atoms with Crippen LogP contribution in [0.3, 0.4) is 0 Å². The molecule has 0 radical (unpaired) electrons. The van der Waals surface area contributed by atoms with E-state index in [0.29, 0.717) is 0 Å². The molecule has 14 rings (SSSR count). The summed E-state index contributed by atoms with van der Waals surface area (Å²) >= 11 is 0. The Morgan fingerprint density at radius 2 is 1.10 bits per heavy atom. The predicted molar refractivity (Wildman–Crippen MR) is 360 cm³/mol. The normalized spacial score (nSPS) is 17.1. The van der Waals surface area contributed by atoms with Crippen LogP contribution >= 0.6 is 0 Å². The van der Waals surface area contributed by atoms with Gasteiger partial charge in [-0.05, 0) is 211 Å². The van der Waals surface area contributed by atoms with Gasteiger partial charge in [-0.3, -0.25) is 0 Å². The second-order valence-corrected chi connectivity index (χ2v) is 30.0. The van der Waals surface area contributed by atoms with Crippen molar-refractivity contribution < 1.29 is 4.42 Å². The Morgan fingerprint density at radius 1 is 0.452 bits per heavy atom. The van der Waals surface area contributed by atoms with Gasteiger partial charge in [0.1, 0.15) is 11.2 Å². The van der Waals surface area contributed by atoms with Gasteiger partial charge in [-0.1, -0.05) is 194 Å². The molecule has 0 amide bonds. The molecule has 0 bridgehead atoms. The number of anilines is 8. The van der Waals surface area contributed by atoms with E-state index in [2.05, 4.69) is 294 Å². The van der Waals surface area contributed by atoms with Crippen molar-refractivity contribution >= 4 is 85.2 Å². The molecular formula is C79H82BN3O. The molecule has 422 valence electrons. The van der Waals surface area contributed by atoms with E-state index in [9.17, 15) is 0 Å². The largest absolute Gasteiger partial charge is 0.455 e. The number of benzene rings is 9. The maximum absolute atomic E-state index is 7.35. The number of rotatable bonds is 6. The number of hydrogen-bond acceptors (Lipinski definition) is 4. The minimum absolute atomic E-state index is 0.00283. The Labute approximate surface area is 500 Å². The molecular weight excluding hydrogens is 1020 g/mol. The van der Waals surface area contributed by atoms with Gasteiger partial charge in [0.05, 0.1) is 0 Å². The van der Waals surface area contributed by atoms with Crippen molar-refractivity contribution in [3.8, 4) is 22.3 Å². The second kappa shape index (κ2) is 18.6. The number of nitrogens with zero attached hydrogens (tertiary/aromatic N) is 3. The molecule has 1 aromatic heterocycles. The van der Waals surface area contributed by atoms with Gasteiger partial charge >= 0.3 is 6.85 Å². The standard InChI is InChI=1S/C79H82BN3O/c1-49-42-62-64(79(14,15)41-40-77(62,10)11)48-67(49)82-68-43-51(50-22-17-16-18-23-50)28-36-65(68)80-72-60(45-57(47-69(72)82)81(54-31-29-52(30-32-54)74(2,3)4)55-25-21-24-53(44-55)75(5,6)7)71-66(37-34-59-58-26-19-20-27-70(58)84-73(59)71)83(80)56-33-35-61-63(46-56)78(12,13)39-38-76(61,8)9/h16-37,42-48H,38-41H2,1-15H3. The summed E-state index contributed by atoms with van der Waals surface area (Å²) in [7, 11) is 0. The number of hydrogen-bond donors (Lipinski definition) is 0. The van der Waals surface area contributed by atoms with Crippen LogP contribution < -0.4 is 25.5 Å². The van der Waals surface area contributed by atoms with Crippen molar-refractivity contribution in [1.82, 2.24) is 0 Å². The maximum atomic E-state index is 7.35. The Morgan fingerprint density at radius 3 is 1.79 bits per heavy atom. The van der Waals surface area contributed by atoms with Crippen LogP contribution in [0, 0.1) is 6.92 Å². The highest BCUT2D eigenvalue weighted by Gasteiger charge is 2.49. The van der Waals surface area contributed by atoms with E-state index in [1.807, 2.05) is 0 Å². The fourth-order valence-electron chi connectivity index (χ4n) is 15.0. The van der Waals surface area contributed by atoms with Gasteiger partial charge < -0.3 is 19.0 Å². The van der Waals surface area contributed by atoms with Gasteiger partial charge in [-0.15, -0.1) is 0 Å². The molecule has 0 atom stereocenters. The fraction of sp³-hybridized carbons (Fsp3) is 0.316. The van der Waals surface area contributed by atoms with Crippen LogP contribution in [0.1, 0.15) is 162 Å². The molecule has 0 saturated carbocycles. The molecule has 84 heavy (non-hydrogen) atoms. The highest BCUT2D eigenvalue weighted by Crippen LogP contribution is 2.56. The summed E-state index contributed by atoms with van der Waals surface area (Å²) in [6.07, 6.45) is 4.57. The van der Waals surface area contributed by atoms with Gasteiger partial charge in [0.2, 0.25) is 0 Å². The van der Waals surface area contributed by atoms with E-state index in [4.69, 9.17) is 4.42 Å². The third-order valence-electron chi connectivity index (χ3n) is 20.4. The van der Waals surface area contributed by atoms with Crippen molar-refractivity contribution in [2.45, 2.75) is 162 Å². The smallest absolute Gasteiger partial charge is 0.333 e. The van der Waals surface area contributed by atoms with Crippen LogP contribution in [-0.4, -0.2) is 6.85 Å². The topological polar surface area (TPSA) is 22.9 Å². The summed E-state index contributed by atoms with van der Waals surface area (Å²) in [4.78, 5) is 7.94. The summed E-state index contributed by atoms with van der Waals surface area (Å²) in [6.45, 7) is 35.7. The van der Waals surface area contributed by atoms with Gasteiger partial charge in [-0.2, -0.15) is 0 Å². The van der Waals surface area contributed by atoms with E-state index < -0.39 is 0 Å². The van der Waals surface area contributed by atoms with Crippen LogP contribution in [0.25, 0.3) is 44.2 Å². The molecule has 0 N–H and O–H groups in total. The SMILES string of the molecule is Cc1cc2c(cc1N1c3cc(-c4ccccc4)ccc3B3c4c(cc(N(c5ccc(C(C)(C)C)cc5)c5cccc(C(C)(C)C)c5)cc41)-c1c(ccc4c1oc1ccccc14)N3c1ccc3c(c1)C(C)(C)CCC3(C)C)C(C)(C)CCC2(C)C. The van der Waals surface area contributed by atoms with Crippen LogP contribution in [0.4, 0.5) is 45.5 Å². The van der Waals surface area contributed by atoms with Crippen molar-refractivity contribution in [3.05, 3.63) is 215 Å². The minimum Gasteiger partial charge on any atom is -0.455 e. The lowest BCUT2D eigenvalue weighted by Gasteiger charge is -2.48. The highest BCUT2D eigenvalue weighted by molar-refractivity contribution is 6.93. The monoisotopic (exact) mass is 1100 g/mol. The molecule has 0 unspecified atom stereocenters. The maximum Gasteiger partial charge on any atom is 0.333 e. The van der Waals surface area contributed by atoms with Crippen molar-refractivity contribution in [3.63, 3.8) is 0 Å². The lowest BCUT2D eigenvalue weighted by molar-refractivity contribution is 0.332. The van der Waals surface area contributed by atoms with Crippen molar-refractivity contribution in [2.75, 3.05) is 14.6 Å². The lowest BCUT2D eigenvalue weighted by Crippen LogP contribution is -2.61. The summed E-state index contributed by atoms with van der Waals surface area (Å²) in [5, 5.41) is 2.25. The predicted octanol–water partition coefficient (Wildman–Crippen LogP) is 21.0. The molecule has 0 fully saturated rings. The third-order valence-corrected chi connectivity index (χ3v) is 20.4. The summed E-state index contributed by atoms with van der Waals surface area (Å²) in [6, 6.07) is 68.2. The van der Waals surface area contributed by atoms with E-state index in [1.54, 1.807) is 0 Å². The molecule has 2 aliphatic carbocycles. The van der Waals surface area contributed by atoms with E-state index in [-0.39, 0.29) is 39.3 Å². The number of para-hydroxylation sites is 1. The number of aryl methyl sites for hydroxylation is 1. The molecule has 4 nitrogen and oxygen atoms in total. The Kier molecular flexibility index (Phi) is 12.0. The molecule has 2 aliphatic heterocycles. The summed E-state index contributed by atoms with van der Waals surface area (Å²) in [5.41, 5.74) is 28.0. The van der Waals surface area contributed by atoms with E-state index in [1.165, 1.54) is 89.3 Å². The van der Waals surface area contributed by atoms with Gasteiger partial charge in [-0.25, -0.2) is 0 Å². The fourth-order valence-corrected chi connectivity index (χ4v) is 15.0. The van der Waals surface area contributed by atoms with Crippen molar-refractivity contribution in [2.24, 2.45) is 0 Å². The number of furan rings is 1. The minimum atomic E-state index is -0.218. The molecule has 4 aliphatic rings. The lowest BCUT2D eigenvalue weighted by atomic mass is 9.43. The zero-order valence-electron chi connectivity index (χ0n) is 52.4. The number of fused-ring (bicyclic) bond motifs is 10. The van der Waals surface area contributed by atoms with Gasteiger partial charge in [0.15, 0.2) is 0 Å². The van der Waals surface area contributed by atoms with Gasteiger partial charge in [0.25, 0.3) is 0 Å². The van der Waals surface area contributed by atoms with Crippen LogP contribution in [0.5, 0.6) is 0 Å². The Hall–Kier alpha value is -7.76. The molecule has 0 saturated heterocycles. The zero-order valence-corrected chi connectivity index (χ0v) is 52.4. The molecule has 9 aromatic carbocycles. The average molecular weight is 1100 g/mol. The molecule has 3 heterocycles. The van der Waals surface area contributed by atoms with Gasteiger partial charge in [0, 0.05) is 61.8 Å². The average Bonchev–Trinajstić information content (AvgIpc) is 0.933. The molecule has 0 spiro atoms.